The molecule has 1 rings (SSSR count). The van der Waals surface area contributed by atoms with Crippen LogP contribution in [-0.4, -0.2) is 39.9 Å². The Labute approximate surface area is 140 Å². The number of amides is 2. The zero-order valence-corrected chi connectivity index (χ0v) is 14.7. The van der Waals surface area contributed by atoms with Gasteiger partial charge in [0.1, 0.15) is 6.04 Å². The lowest BCUT2D eigenvalue weighted by Crippen LogP contribution is -2.45. The number of hydrogen-bond acceptors (Lipinski definition) is 4. The number of benzene rings is 1. The monoisotopic (exact) mass is 361 g/mol. The van der Waals surface area contributed by atoms with Crippen LogP contribution in [0.1, 0.15) is 30.6 Å². The topological polar surface area (TPSA) is 104 Å². The number of carbonyl (C=O) groups excluding carboxylic acids is 2. The highest BCUT2D eigenvalue weighted by molar-refractivity contribution is 7.89. The Morgan fingerprint density at radius 1 is 1.30 bits per heavy atom. The molecule has 0 saturated carbocycles. The van der Waals surface area contributed by atoms with Gasteiger partial charge in [-0.05, 0) is 38.6 Å². The molecular weight excluding hydrogens is 342 g/mol. The largest absolute Gasteiger partial charge is 0.354 e. The molecule has 0 fully saturated rings. The van der Waals surface area contributed by atoms with E-state index in [1.54, 1.807) is 0 Å². The maximum Gasteiger partial charge on any atom is 0.253 e. The van der Waals surface area contributed by atoms with E-state index in [1.165, 1.54) is 32.2 Å². The predicted octanol–water partition coefficient (Wildman–Crippen LogP) is 0.893. The zero-order valence-electron chi connectivity index (χ0n) is 13.1. The summed E-state index contributed by atoms with van der Waals surface area (Å²) < 4.78 is 25.7. The number of hydrogen-bond donors (Lipinski definition) is 3. The number of nitrogens with one attached hydrogen (secondary N) is 3. The average Bonchev–Trinajstić information content (AvgIpc) is 2.52. The van der Waals surface area contributed by atoms with Gasteiger partial charge in [-0.25, -0.2) is 13.1 Å². The van der Waals surface area contributed by atoms with Gasteiger partial charge in [-0.1, -0.05) is 18.5 Å². The van der Waals surface area contributed by atoms with Crippen LogP contribution in [0.5, 0.6) is 0 Å². The van der Waals surface area contributed by atoms with Gasteiger partial charge in [-0.3, -0.25) is 9.59 Å². The van der Waals surface area contributed by atoms with Crippen molar-refractivity contribution in [1.82, 2.24) is 15.4 Å². The summed E-state index contributed by atoms with van der Waals surface area (Å²) in [5.41, 5.74) is -0.0156. The summed E-state index contributed by atoms with van der Waals surface area (Å²) >= 11 is 5.95. The van der Waals surface area contributed by atoms with E-state index in [2.05, 4.69) is 15.4 Å². The molecule has 9 heteroatoms. The van der Waals surface area contributed by atoms with Gasteiger partial charge in [0.25, 0.3) is 5.91 Å². The minimum atomic E-state index is -3.70. The molecule has 2 amide bonds. The van der Waals surface area contributed by atoms with E-state index in [0.29, 0.717) is 6.54 Å². The fourth-order valence-corrected chi connectivity index (χ4v) is 2.66. The van der Waals surface area contributed by atoms with E-state index >= 15 is 0 Å². The van der Waals surface area contributed by atoms with Gasteiger partial charge < -0.3 is 10.6 Å². The predicted molar refractivity (Wildman–Crippen MR) is 87.9 cm³/mol. The van der Waals surface area contributed by atoms with Crippen LogP contribution in [-0.2, 0) is 14.8 Å². The molecule has 1 atom stereocenters. The molecule has 0 heterocycles. The summed E-state index contributed by atoms with van der Waals surface area (Å²) in [6.45, 7) is 3.96. The molecule has 0 bridgehead atoms. The smallest absolute Gasteiger partial charge is 0.253 e. The van der Waals surface area contributed by atoms with Crippen LogP contribution in [0.4, 0.5) is 0 Å². The second kappa shape index (κ2) is 8.28. The van der Waals surface area contributed by atoms with Gasteiger partial charge in [0.15, 0.2) is 0 Å². The third-order valence-electron chi connectivity index (χ3n) is 3.05. The quantitative estimate of drug-likeness (QED) is 0.670. The van der Waals surface area contributed by atoms with Crippen molar-refractivity contribution in [2.24, 2.45) is 0 Å². The van der Waals surface area contributed by atoms with Gasteiger partial charge in [0.05, 0.1) is 15.5 Å². The van der Waals surface area contributed by atoms with Gasteiger partial charge in [-0.15, -0.1) is 0 Å². The zero-order chi connectivity index (χ0) is 17.6. The van der Waals surface area contributed by atoms with Crippen molar-refractivity contribution in [1.29, 1.82) is 0 Å². The van der Waals surface area contributed by atoms with E-state index in [4.69, 9.17) is 11.6 Å². The highest BCUT2D eigenvalue weighted by atomic mass is 35.5. The Morgan fingerprint density at radius 2 is 1.96 bits per heavy atom. The highest BCUT2D eigenvalue weighted by Gasteiger charge is 2.20. The van der Waals surface area contributed by atoms with Crippen molar-refractivity contribution in [3.05, 3.63) is 28.8 Å². The summed E-state index contributed by atoms with van der Waals surface area (Å²) in [6.07, 6.45) is 0.780. The minimum absolute atomic E-state index is 0.0156. The van der Waals surface area contributed by atoms with E-state index in [1.807, 2.05) is 6.92 Å². The normalized spacial score (nSPS) is 12.5. The van der Waals surface area contributed by atoms with Crippen molar-refractivity contribution in [2.75, 3.05) is 13.6 Å². The third kappa shape index (κ3) is 5.19. The number of sulfonamides is 1. The third-order valence-corrected chi connectivity index (χ3v) is 4.79. The van der Waals surface area contributed by atoms with Gasteiger partial charge in [0.2, 0.25) is 15.9 Å². The standard InChI is InChI=1S/C14H20ClN3O4S/c1-4-7-17-13(19)9(2)18-14(20)11-8-10(5-6-12(11)15)23(21,22)16-3/h5-6,8-9,16H,4,7H2,1-3H3,(H,17,19)(H,18,20)/t9-/m0/s1. The summed E-state index contributed by atoms with van der Waals surface area (Å²) in [5.74, 6) is -0.947. The summed E-state index contributed by atoms with van der Waals surface area (Å²) in [5, 5.41) is 5.24. The van der Waals surface area contributed by atoms with Crippen LogP contribution in [0, 0.1) is 0 Å². The maximum atomic E-state index is 12.2. The van der Waals surface area contributed by atoms with E-state index in [-0.39, 0.29) is 21.4 Å². The molecule has 0 aliphatic heterocycles. The number of halogens is 1. The molecule has 1 aromatic rings. The first-order chi connectivity index (χ1) is 10.7. The number of carbonyl (C=O) groups is 2. The van der Waals surface area contributed by atoms with Crippen molar-refractivity contribution in [3.8, 4) is 0 Å². The second-order valence-electron chi connectivity index (χ2n) is 4.84. The summed E-state index contributed by atoms with van der Waals surface area (Å²) in [6, 6.07) is 3.01. The Morgan fingerprint density at radius 3 is 2.52 bits per heavy atom. The van der Waals surface area contributed by atoms with Crippen LogP contribution in [0.3, 0.4) is 0 Å². The molecule has 0 aliphatic rings. The van der Waals surface area contributed by atoms with Crippen molar-refractivity contribution in [2.45, 2.75) is 31.2 Å². The lowest BCUT2D eigenvalue weighted by atomic mass is 10.2. The molecule has 128 valence electrons. The first-order valence-electron chi connectivity index (χ1n) is 7.04. The molecule has 0 unspecified atom stereocenters. The molecule has 7 nitrogen and oxygen atoms in total. The van der Waals surface area contributed by atoms with Gasteiger partial charge >= 0.3 is 0 Å². The van der Waals surface area contributed by atoms with Crippen LogP contribution in [0.2, 0.25) is 5.02 Å². The van der Waals surface area contributed by atoms with Crippen molar-refractivity contribution in [3.63, 3.8) is 0 Å². The summed E-state index contributed by atoms with van der Waals surface area (Å²) in [4.78, 5) is 23.9. The Bertz CT molecular complexity index is 691. The van der Waals surface area contributed by atoms with E-state index in [0.717, 1.165) is 6.42 Å². The van der Waals surface area contributed by atoms with E-state index in [9.17, 15) is 18.0 Å². The lowest BCUT2D eigenvalue weighted by Gasteiger charge is -2.15. The molecular formula is C14H20ClN3O4S. The SMILES string of the molecule is CCCNC(=O)[C@H](C)NC(=O)c1cc(S(=O)(=O)NC)ccc1Cl. The average molecular weight is 362 g/mol. The van der Waals surface area contributed by atoms with Gasteiger partial charge in [-0.2, -0.15) is 0 Å². The molecule has 0 aliphatic carbocycles. The Kier molecular flexibility index (Phi) is 6.99. The maximum absolute atomic E-state index is 12.2. The molecule has 0 spiro atoms. The first-order valence-corrected chi connectivity index (χ1v) is 8.90. The van der Waals surface area contributed by atoms with Crippen LogP contribution in [0.25, 0.3) is 0 Å². The molecule has 0 saturated heterocycles. The fourth-order valence-electron chi connectivity index (χ4n) is 1.70. The molecule has 3 N–H and O–H groups in total. The first kappa shape index (κ1) is 19.4. The highest BCUT2D eigenvalue weighted by Crippen LogP contribution is 2.20. The van der Waals surface area contributed by atoms with Crippen LogP contribution in [0.15, 0.2) is 23.1 Å². The Hall–Kier alpha value is -1.64. The molecule has 0 radical (unpaired) electrons. The molecule has 0 aromatic heterocycles. The van der Waals surface area contributed by atoms with Gasteiger partial charge in [0, 0.05) is 6.54 Å². The summed E-state index contributed by atoms with van der Waals surface area (Å²) in [7, 11) is -2.43. The lowest BCUT2D eigenvalue weighted by molar-refractivity contribution is -0.122. The number of rotatable bonds is 7. The van der Waals surface area contributed by atoms with Crippen LogP contribution < -0.4 is 15.4 Å². The molecule has 23 heavy (non-hydrogen) atoms. The van der Waals surface area contributed by atoms with Crippen molar-refractivity contribution < 1.29 is 18.0 Å². The van der Waals surface area contributed by atoms with Crippen molar-refractivity contribution >= 4 is 33.4 Å². The minimum Gasteiger partial charge on any atom is -0.354 e. The van der Waals surface area contributed by atoms with E-state index < -0.39 is 22.0 Å². The fraction of sp³-hybridized carbons (Fsp3) is 0.429. The Balaban J connectivity index is 2.96. The van der Waals surface area contributed by atoms with Crippen LogP contribution >= 0.6 is 11.6 Å². The molecule has 1 aromatic carbocycles. The second-order valence-corrected chi connectivity index (χ2v) is 7.13.